The first-order valence-corrected chi connectivity index (χ1v) is 6.19. The Morgan fingerprint density at radius 1 is 1.37 bits per heavy atom. The Morgan fingerprint density at radius 3 is 2.53 bits per heavy atom. The summed E-state index contributed by atoms with van der Waals surface area (Å²) in [7, 11) is 0. The highest BCUT2D eigenvalue weighted by molar-refractivity contribution is 5.37. The number of halogens is 3. The molecule has 102 valence electrons. The molecule has 0 atom stereocenters. The Hall–Kier alpha value is -1.54. The Labute approximate surface area is 110 Å². The molecule has 0 radical (unpaired) electrons. The second kappa shape index (κ2) is 5.22. The topological polar surface area (TPSA) is 27.0 Å². The largest absolute Gasteiger partial charge is 0.401 e. The van der Waals surface area contributed by atoms with E-state index in [0.717, 1.165) is 24.0 Å². The number of rotatable bonds is 4. The van der Waals surface area contributed by atoms with Gasteiger partial charge >= 0.3 is 6.18 Å². The summed E-state index contributed by atoms with van der Waals surface area (Å²) in [5.41, 5.74) is 2.26. The minimum atomic E-state index is -4.16. The predicted molar refractivity (Wildman–Crippen MR) is 65.4 cm³/mol. The van der Waals surface area contributed by atoms with Gasteiger partial charge in [-0.15, -0.1) is 0 Å². The van der Waals surface area contributed by atoms with Crippen LogP contribution in [0.4, 0.5) is 13.2 Å². The molecule has 0 aliphatic heterocycles. The highest BCUT2D eigenvalue weighted by Crippen LogP contribution is 2.31. The molecule has 1 saturated carbocycles. The number of nitrogens with zero attached hydrogens (tertiary/aromatic N) is 2. The molecular formula is C14H15F3N2. The second-order valence-corrected chi connectivity index (χ2v) is 5.00. The lowest BCUT2D eigenvalue weighted by Crippen LogP contribution is -2.35. The van der Waals surface area contributed by atoms with E-state index < -0.39 is 12.7 Å². The molecule has 0 bridgehead atoms. The third kappa shape index (κ3) is 3.97. The van der Waals surface area contributed by atoms with Crippen LogP contribution in [-0.2, 0) is 6.54 Å². The Bertz CT molecular complexity index is 498. The van der Waals surface area contributed by atoms with E-state index in [-0.39, 0.29) is 6.04 Å². The van der Waals surface area contributed by atoms with Crippen molar-refractivity contribution in [3.05, 3.63) is 34.9 Å². The lowest BCUT2D eigenvalue weighted by molar-refractivity contribution is -0.148. The van der Waals surface area contributed by atoms with Gasteiger partial charge in [0.25, 0.3) is 0 Å². The van der Waals surface area contributed by atoms with Crippen molar-refractivity contribution in [1.29, 1.82) is 5.26 Å². The number of hydrogen-bond donors (Lipinski definition) is 0. The Morgan fingerprint density at radius 2 is 2.05 bits per heavy atom. The average Bonchev–Trinajstić information content (AvgIpc) is 3.12. The molecule has 0 N–H and O–H groups in total. The molecule has 0 heterocycles. The highest BCUT2D eigenvalue weighted by Gasteiger charge is 2.37. The van der Waals surface area contributed by atoms with Gasteiger partial charge < -0.3 is 0 Å². The van der Waals surface area contributed by atoms with Gasteiger partial charge in [-0.25, -0.2) is 0 Å². The maximum Gasteiger partial charge on any atom is 0.401 e. The molecule has 2 rings (SSSR count). The van der Waals surface area contributed by atoms with Crippen LogP contribution < -0.4 is 0 Å². The van der Waals surface area contributed by atoms with Gasteiger partial charge in [0.1, 0.15) is 0 Å². The SMILES string of the molecule is Cc1cc(C#N)ccc1CN(CC(F)(F)F)C1CC1. The second-order valence-electron chi connectivity index (χ2n) is 5.00. The van der Waals surface area contributed by atoms with Gasteiger partial charge in [-0.1, -0.05) is 6.07 Å². The van der Waals surface area contributed by atoms with Crippen molar-refractivity contribution in [3.8, 4) is 6.07 Å². The van der Waals surface area contributed by atoms with E-state index in [4.69, 9.17) is 5.26 Å². The van der Waals surface area contributed by atoms with Crippen LogP contribution in [-0.4, -0.2) is 23.7 Å². The molecule has 1 aliphatic rings. The standard InChI is InChI=1S/C14H15F3N2/c1-10-6-11(7-18)2-3-12(10)8-19(13-4-5-13)9-14(15,16)17/h2-3,6,13H,4-5,8-9H2,1H3. The third-order valence-electron chi connectivity index (χ3n) is 3.29. The van der Waals surface area contributed by atoms with Crippen LogP contribution in [0, 0.1) is 18.3 Å². The maximum absolute atomic E-state index is 12.5. The van der Waals surface area contributed by atoms with Crippen LogP contribution in [0.15, 0.2) is 18.2 Å². The normalized spacial score (nSPS) is 15.6. The minimum absolute atomic E-state index is 0.0525. The van der Waals surface area contributed by atoms with Crippen molar-refractivity contribution in [2.75, 3.05) is 6.54 Å². The average molecular weight is 268 g/mol. The molecule has 19 heavy (non-hydrogen) atoms. The van der Waals surface area contributed by atoms with E-state index >= 15 is 0 Å². The molecule has 1 aromatic rings. The first-order valence-electron chi connectivity index (χ1n) is 6.19. The fourth-order valence-corrected chi connectivity index (χ4v) is 2.15. The fourth-order valence-electron chi connectivity index (χ4n) is 2.15. The lowest BCUT2D eigenvalue weighted by Gasteiger charge is -2.24. The number of alkyl halides is 3. The maximum atomic E-state index is 12.5. The van der Waals surface area contributed by atoms with Crippen molar-refractivity contribution in [1.82, 2.24) is 4.90 Å². The van der Waals surface area contributed by atoms with Crippen LogP contribution in [0.25, 0.3) is 0 Å². The van der Waals surface area contributed by atoms with Crippen LogP contribution >= 0.6 is 0 Å². The molecule has 5 heteroatoms. The zero-order valence-corrected chi connectivity index (χ0v) is 10.7. The van der Waals surface area contributed by atoms with Crippen molar-refractivity contribution < 1.29 is 13.2 Å². The van der Waals surface area contributed by atoms with Crippen molar-refractivity contribution in [2.24, 2.45) is 0 Å². The minimum Gasteiger partial charge on any atom is -0.288 e. The lowest BCUT2D eigenvalue weighted by atomic mass is 10.1. The van der Waals surface area contributed by atoms with Crippen molar-refractivity contribution in [2.45, 2.75) is 38.5 Å². The van der Waals surface area contributed by atoms with Crippen LogP contribution in [0.1, 0.15) is 29.5 Å². The van der Waals surface area contributed by atoms with E-state index in [9.17, 15) is 13.2 Å². The number of benzene rings is 1. The molecule has 0 unspecified atom stereocenters. The zero-order valence-electron chi connectivity index (χ0n) is 10.7. The predicted octanol–water partition coefficient (Wildman–Crippen LogP) is 3.39. The summed E-state index contributed by atoms with van der Waals surface area (Å²) in [4.78, 5) is 1.48. The van der Waals surface area contributed by atoms with Crippen LogP contribution in [0.5, 0.6) is 0 Å². The summed E-state index contributed by atoms with van der Waals surface area (Å²) in [5, 5.41) is 8.78. The molecule has 1 aromatic carbocycles. The molecule has 0 saturated heterocycles. The van der Waals surface area contributed by atoms with E-state index in [2.05, 4.69) is 0 Å². The van der Waals surface area contributed by atoms with Gasteiger partial charge in [0.05, 0.1) is 18.2 Å². The summed E-state index contributed by atoms with van der Waals surface area (Å²) in [6.45, 7) is 1.26. The van der Waals surface area contributed by atoms with Crippen LogP contribution in [0.2, 0.25) is 0 Å². The summed E-state index contributed by atoms with van der Waals surface area (Å²) in [6, 6.07) is 7.20. The molecule has 0 spiro atoms. The van der Waals surface area contributed by atoms with Gasteiger partial charge in [0, 0.05) is 12.6 Å². The first kappa shape index (κ1) is 13.9. The van der Waals surface area contributed by atoms with Crippen molar-refractivity contribution >= 4 is 0 Å². The summed E-state index contributed by atoms with van der Waals surface area (Å²) < 4.78 is 37.6. The molecular weight excluding hydrogens is 253 g/mol. The zero-order chi connectivity index (χ0) is 14.0. The molecule has 1 aliphatic carbocycles. The van der Waals surface area contributed by atoms with Crippen LogP contribution in [0.3, 0.4) is 0 Å². The van der Waals surface area contributed by atoms with Gasteiger partial charge in [0.15, 0.2) is 0 Å². The quantitative estimate of drug-likeness (QED) is 0.837. The van der Waals surface area contributed by atoms with E-state index in [1.807, 2.05) is 13.0 Å². The number of nitriles is 1. The third-order valence-corrected chi connectivity index (χ3v) is 3.29. The monoisotopic (exact) mass is 268 g/mol. The van der Waals surface area contributed by atoms with E-state index in [1.54, 1.807) is 18.2 Å². The van der Waals surface area contributed by atoms with Gasteiger partial charge in [0.2, 0.25) is 0 Å². The van der Waals surface area contributed by atoms with E-state index in [1.165, 1.54) is 4.90 Å². The molecule has 0 aromatic heterocycles. The first-order chi connectivity index (χ1) is 8.89. The van der Waals surface area contributed by atoms with Gasteiger partial charge in [-0.3, -0.25) is 4.90 Å². The van der Waals surface area contributed by atoms with Gasteiger partial charge in [-0.2, -0.15) is 18.4 Å². The smallest absolute Gasteiger partial charge is 0.288 e. The van der Waals surface area contributed by atoms with Gasteiger partial charge in [-0.05, 0) is 43.0 Å². The molecule has 1 fully saturated rings. The Kier molecular flexibility index (Phi) is 3.81. The highest BCUT2D eigenvalue weighted by atomic mass is 19.4. The molecule has 0 amide bonds. The van der Waals surface area contributed by atoms with Crippen molar-refractivity contribution in [3.63, 3.8) is 0 Å². The van der Waals surface area contributed by atoms with E-state index in [0.29, 0.717) is 12.1 Å². The molecule has 2 nitrogen and oxygen atoms in total. The number of hydrogen-bond acceptors (Lipinski definition) is 2. The Balaban J connectivity index is 2.11. The fraction of sp³-hybridized carbons (Fsp3) is 0.500. The number of aryl methyl sites for hydroxylation is 1. The summed E-state index contributed by atoms with van der Waals surface area (Å²) in [5.74, 6) is 0. The summed E-state index contributed by atoms with van der Waals surface area (Å²) in [6.07, 6.45) is -2.49. The summed E-state index contributed by atoms with van der Waals surface area (Å²) >= 11 is 0.